The molecule has 0 saturated carbocycles. The number of carbonyl (C=O) groups is 3. The van der Waals surface area contributed by atoms with Gasteiger partial charge in [-0.1, -0.05) is 50.2 Å². The molecule has 0 bridgehead atoms. The molecule has 252 valence electrons. The van der Waals surface area contributed by atoms with Crippen molar-refractivity contribution in [3.05, 3.63) is 119 Å². The molecule has 2 atom stereocenters. The fraction of sp³-hybridized carbons (Fsp3) is 0.205. The molecule has 4 aromatic carbocycles. The average molecular weight is 670 g/mol. The van der Waals surface area contributed by atoms with Crippen molar-refractivity contribution in [2.24, 2.45) is 5.92 Å². The normalized spacial score (nSPS) is 15.5. The zero-order valence-electron chi connectivity index (χ0n) is 27.7. The maximum absolute atomic E-state index is 14.2. The second-order valence-electron chi connectivity index (χ2n) is 13.0. The Labute approximate surface area is 287 Å². The average Bonchev–Trinajstić information content (AvgIpc) is 3.89. The number of aromatic nitrogens is 2. The van der Waals surface area contributed by atoms with Gasteiger partial charge < -0.3 is 29.1 Å². The van der Waals surface area contributed by atoms with Crippen LogP contribution in [0.3, 0.4) is 0 Å². The van der Waals surface area contributed by atoms with Gasteiger partial charge in [-0.3, -0.25) is 25.2 Å². The number of ether oxygens (including phenoxy) is 3. The van der Waals surface area contributed by atoms with E-state index in [1.807, 2.05) is 81.4 Å². The molecule has 0 aliphatic carbocycles. The van der Waals surface area contributed by atoms with Gasteiger partial charge in [0, 0.05) is 44.7 Å². The summed E-state index contributed by atoms with van der Waals surface area (Å²) in [6, 6.07) is 26.6. The number of hydrogen-bond donors (Lipinski definition) is 4. The van der Waals surface area contributed by atoms with E-state index in [0.29, 0.717) is 35.0 Å². The highest BCUT2D eigenvalue weighted by Crippen LogP contribution is 2.44. The molecule has 2 aromatic heterocycles. The van der Waals surface area contributed by atoms with Crippen molar-refractivity contribution in [1.82, 2.24) is 25.7 Å². The van der Waals surface area contributed by atoms with E-state index in [2.05, 4.69) is 20.8 Å². The van der Waals surface area contributed by atoms with Crippen LogP contribution in [0.2, 0.25) is 0 Å². The predicted octanol–water partition coefficient (Wildman–Crippen LogP) is 6.90. The number of para-hydroxylation sites is 1. The number of H-pyrrole nitrogens is 2. The van der Waals surface area contributed by atoms with Gasteiger partial charge in [0.2, 0.25) is 6.79 Å². The highest BCUT2D eigenvalue weighted by atomic mass is 16.7. The maximum Gasteiger partial charge on any atom is 0.286 e. The molecule has 0 radical (unpaired) electrons. The van der Waals surface area contributed by atoms with Crippen LogP contribution < -0.4 is 25.1 Å². The van der Waals surface area contributed by atoms with Gasteiger partial charge in [-0.25, -0.2) is 0 Å². The number of aryl methyl sites for hydroxylation is 1. The third kappa shape index (κ3) is 5.46. The summed E-state index contributed by atoms with van der Waals surface area (Å²) in [7, 11) is 0. The van der Waals surface area contributed by atoms with Gasteiger partial charge in [-0.05, 0) is 73.4 Å². The number of rotatable bonds is 8. The van der Waals surface area contributed by atoms with Gasteiger partial charge in [0.1, 0.15) is 23.2 Å². The summed E-state index contributed by atoms with van der Waals surface area (Å²) in [5, 5.41) is 1.74. The summed E-state index contributed by atoms with van der Waals surface area (Å²) >= 11 is 0. The minimum Gasteiger partial charge on any atom is -0.457 e. The lowest BCUT2D eigenvalue weighted by atomic mass is 9.93. The van der Waals surface area contributed by atoms with E-state index in [9.17, 15) is 14.4 Å². The fourth-order valence-electron chi connectivity index (χ4n) is 7.04. The zero-order valence-corrected chi connectivity index (χ0v) is 27.7. The molecule has 0 fully saturated rings. The molecule has 2 aliphatic rings. The summed E-state index contributed by atoms with van der Waals surface area (Å²) in [5.41, 5.74) is 10.4. The first-order valence-corrected chi connectivity index (χ1v) is 16.5. The largest absolute Gasteiger partial charge is 0.457 e. The van der Waals surface area contributed by atoms with Crippen LogP contribution in [0.4, 0.5) is 0 Å². The molecule has 3 amide bonds. The Hall–Kier alpha value is -6.23. The summed E-state index contributed by atoms with van der Waals surface area (Å²) in [6.07, 6.45) is 0.387. The van der Waals surface area contributed by atoms with E-state index in [1.54, 1.807) is 35.2 Å². The molecule has 50 heavy (non-hydrogen) atoms. The second-order valence-corrected chi connectivity index (χ2v) is 13.0. The van der Waals surface area contributed by atoms with Crippen LogP contribution in [-0.4, -0.2) is 45.4 Å². The van der Waals surface area contributed by atoms with Crippen molar-refractivity contribution in [1.29, 1.82) is 0 Å². The summed E-state index contributed by atoms with van der Waals surface area (Å²) in [4.78, 5) is 49.8. The highest BCUT2D eigenvalue weighted by Gasteiger charge is 2.45. The van der Waals surface area contributed by atoms with Gasteiger partial charge in [0.25, 0.3) is 17.7 Å². The number of nitrogens with zero attached hydrogens (tertiary/aromatic N) is 1. The molecular weight excluding hydrogens is 634 g/mol. The van der Waals surface area contributed by atoms with Crippen LogP contribution in [0, 0.1) is 12.8 Å². The standard InChI is InChI=1S/C39H35N5O6/c1-21(2)16-32(44-36(26-8-4-5-9-27(26)39(44)47)35-22(3)40-30-11-7-6-10-28(30)35)38(46)43-42-37(45)31-18-23-17-24(12-14-29(23)41-31)50-25-13-15-33-34(19-25)49-20-48-33/h4-15,17-19,21,32,36,40-41H,16,20H2,1-3H3,(H,42,45)(H,43,46). The smallest absolute Gasteiger partial charge is 0.286 e. The Morgan fingerprint density at radius 3 is 2.50 bits per heavy atom. The molecule has 4 N–H and O–H groups in total. The number of amides is 3. The first-order valence-electron chi connectivity index (χ1n) is 16.5. The number of hydrogen-bond acceptors (Lipinski definition) is 6. The van der Waals surface area contributed by atoms with E-state index in [1.165, 1.54) is 0 Å². The Kier molecular flexibility index (Phi) is 7.67. The van der Waals surface area contributed by atoms with E-state index in [0.717, 1.165) is 38.6 Å². The van der Waals surface area contributed by atoms with Crippen LogP contribution in [0.25, 0.3) is 21.8 Å². The molecule has 11 nitrogen and oxygen atoms in total. The SMILES string of the molecule is Cc1[nH]c2ccccc2c1C1c2ccccc2C(=O)N1C(CC(C)C)C(=O)NNC(=O)c1cc2cc(Oc3ccc4c(c3)OCO4)ccc2[nH]1. The van der Waals surface area contributed by atoms with E-state index < -0.39 is 23.9 Å². The van der Waals surface area contributed by atoms with Gasteiger partial charge in [-0.2, -0.15) is 0 Å². The van der Waals surface area contributed by atoms with Crippen LogP contribution >= 0.6 is 0 Å². The third-order valence-electron chi connectivity index (χ3n) is 9.26. The number of aromatic amines is 2. The van der Waals surface area contributed by atoms with Crippen molar-refractivity contribution in [3.63, 3.8) is 0 Å². The molecule has 2 unspecified atom stereocenters. The Balaban J connectivity index is 1.03. The maximum atomic E-state index is 14.2. The minimum absolute atomic E-state index is 0.0745. The fourth-order valence-corrected chi connectivity index (χ4v) is 7.04. The van der Waals surface area contributed by atoms with E-state index in [4.69, 9.17) is 14.2 Å². The van der Waals surface area contributed by atoms with Crippen LogP contribution in [-0.2, 0) is 4.79 Å². The summed E-state index contributed by atoms with van der Waals surface area (Å²) in [6.45, 7) is 6.18. The third-order valence-corrected chi connectivity index (χ3v) is 9.26. The van der Waals surface area contributed by atoms with E-state index >= 15 is 0 Å². The molecule has 0 saturated heterocycles. The first-order chi connectivity index (χ1) is 24.2. The quantitative estimate of drug-likeness (QED) is 0.130. The number of hydrazine groups is 1. The molecule has 6 aromatic rings. The van der Waals surface area contributed by atoms with Crippen molar-refractivity contribution in [2.45, 2.75) is 39.3 Å². The lowest BCUT2D eigenvalue weighted by Crippen LogP contribution is -2.54. The number of fused-ring (bicyclic) bond motifs is 4. The van der Waals surface area contributed by atoms with Crippen LogP contribution in [0.1, 0.15) is 64.0 Å². The van der Waals surface area contributed by atoms with E-state index in [-0.39, 0.29) is 24.3 Å². The number of carbonyl (C=O) groups excluding carboxylic acids is 3. The van der Waals surface area contributed by atoms with Gasteiger partial charge >= 0.3 is 0 Å². The molecule has 8 rings (SSSR count). The van der Waals surface area contributed by atoms with Crippen LogP contribution in [0.15, 0.2) is 91.0 Å². The van der Waals surface area contributed by atoms with Crippen molar-refractivity contribution < 1.29 is 28.6 Å². The van der Waals surface area contributed by atoms with Gasteiger partial charge in [-0.15, -0.1) is 0 Å². The topological polar surface area (TPSA) is 138 Å². The molecule has 11 heteroatoms. The first kappa shape index (κ1) is 31.1. The lowest BCUT2D eigenvalue weighted by molar-refractivity contribution is -0.127. The van der Waals surface area contributed by atoms with Gasteiger partial charge in [0.05, 0.1) is 6.04 Å². The highest BCUT2D eigenvalue weighted by molar-refractivity contribution is 6.04. The molecule has 4 heterocycles. The zero-order chi connectivity index (χ0) is 34.5. The van der Waals surface area contributed by atoms with Crippen LogP contribution in [0.5, 0.6) is 23.0 Å². The molecule has 0 spiro atoms. The number of nitrogens with one attached hydrogen (secondary N) is 4. The second kappa shape index (κ2) is 12.3. The Bertz CT molecular complexity index is 2310. The summed E-state index contributed by atoms with van der Waals surface area (Å²) < 4.78 is 16.8. The van der Waals surface area contributed by atoms with Crippen molar-refractivity contribution in [3.8, 4) is 23.0 Å². The Morgan fingerprint density at radius 1 is 0.880 bits per heavy atom. The van der Waals surface area contributed by atoms with Crippen molar-refractivity contribution >= 4 is 39.5 Å². The Morgan fingerprint density at radius 2 is 1.64 bits per heavy atom. The number of benzene rings is 4. The lowest BCUT2D eigenvalue weighted by Gasteiger charge is -2.34. The van der Waals surface area contributed by atoms with Gasteiger partial charge in [0.15, 0.2) is 11.5 Å². The van der Waals surface area contributed by atoms with Crippen molar-refractivity contribution in [2.75, 3.05) is 6.79 Å². The minimum atomic E-state index is -0.869. The molecular formula is C39H35N5O6. The molecule has 2 aliphatic heterocycles. The monoisotopic (exact) mass is 669 g/mol. The summed E-state index contributed by atoms with van der Waals surface area (Å²) in [5.74, 6) is 1.28. The predicted molar refractivity (Wildman–Crippen MR) is 187 cm³/mol.